The van der Waals surface area contributed by atoms with Crippen molar-refractivity contribution >= 4 is 11.9 Å². The standard InChI is InChI=1S/C9H8F6O4/c1-3-18-6(16)4(2)5(8(10,11)12)19-7(17)9(13,14)15/h3H2,1-2H3/b5-4+. The molecule has 10 heteroatoms. The van der Waals surface area contributed by atoms with Crippen LogP contribution in [0.2, 0.25) is 0 Å². The molecule has 0 bridgehead atoms. The molecule has 0 aromatic heterocycles. The highest BCUT2D eigenvalue weighted by molar-refractivity contribution is 5.89. The lowest BCUT2D eigenvalue weighted by Gasteiger charge is -2.15. The second-order valence-electron chi connectivity index (χ2n) is 3.06. The molecule has 4 nitrogen and oxygen atoms in total. The minimum absolute atomic E-state index is 0.297. The van der Waals surface area contributed by atoms with E-state index in [1.165, 1.54) is 6.92 Å². The predicted octanol–water partition coefficient (Wildman–Crippen LogP) is 2.49. The number of carbonyl (C=O) groups excluding carboxylic acids is 2. The van der Waals surface area contributed by atoms with Gasteiger partial charge in [-0.15, -0.1) is 0 Å². The molecule has 0 amide bonds. The van der Waals surface area contributed by atoms with Crippen LogP contribution < -0.4 is 0 Å². The molecule has 0 saturated heterocycles. The molecule has 110 valence electrons. The summed E-state index contributed by atoms with van der Waals surface area (Å²) >= 11 is 0. The van der Waals surface area contributed by atoms with E-state index in [4.69, 9.17) is 0 Å². The summed E-state index contributed by atoms with van der Waals surface area (Å²) in [4.78, 5) is 21.4. The number of alkyl halides is 6. The minimum atomic E-state index is -5.62. The Bertz CT molecular complexity index is 392. The monoisotopic (exact) mass is 294 g/mol. The summed E-state index contributed by atoms with van der Waals surface area (Å²) in [7, 11) is 0. The first-order valence-corrected chi connectivity index (χ1v) is 4.65. The SMILES string of the molecule is CCOC(=O)/C(C)=C(/OC(=O)C(F)(F)F)C(F)(F)F. The van der Waals surface area contributed by atoms with Crippen molar-refractivity contribution in [3.8, 4) is 0 Å². The van der Waals surface area contributed by atoms with Crippen LogP contribution in [-0.4, -0.2) is 30.9 Å². The summed E-state index contributed by atoms with van der Waals surface area (Å²) in [6.07, 6.45) is -11.1. The number of carbonyl (C=O) groups is 2. The molecule has 0 aromatic carbocycles. The molecule has 0 heterocycles. The average Bonchev–Trinajstić information content (AvgIpc) is 2.21. The zero-order valence-corrected chi connectivity index (χ0v) is 9.61. The van der Waals surface area contributed by atoms with Gasteiger partial charge in [0.25, 0.3) is 0 Å². The molecule has 0 rings (SSSR count). The first-order valence-electron chi connectivity index (χ1n) is 4.65. The zero-order chi connectivity index (χ0) is 15.4. The Balaban J connectivity index is 5.43. The summed E-state index contributed by atoms with van der Waals surface area (Å²) in [5.74, 6) is -6.97. The van der Waals surface area contributed by atoms with Gasteiger partial charge in [-0.3, -0.25) is 0 Å². The highest BCUT2D eigenvalue weighted by Crippen LogP contribution is 2.32. The van der Waals surface area contributed by atoms with Gasteiger partial charge in [0.2, 0.25) is 5.76 Å². The summed E-state index contributed by atoms with van der Waals surface area (Å²) in [6, 6.07) is 0. The smallest absolute Gasteiger partial charge is 0.463 e. The Morgan fingerprint density at radius 1 is 1.00 bits per heavy atom. The molecule has 0 radical (unpaired) electrons. The van der Waals surface area contributed by atoms with Crippen LogP contribution in [0.5, 0.6) is 0 Å². The summed E-state index contributed by atoms with van der Waals surface area (Å²) in [5, 5.41) is 0. The molecular formula is C9H8F6O4. The third-order valence-electron chi connectivity index (χ3n) is 1.61. The van der Waals surface area contributed by atoms with E-state index in [2.05, 4.69) is 9.47 Å². The van der Waals surface area contributed by atoms with E-state index >= 15 is 0 Å². The van der Waals surface area contributed by atoms with E-state index < -0.39 is 35.6 Å². The molecule has 19 heavy (non-hydrogen) atoms. The highest BCUT2D eigenvalue weighted by Gasteiger charge is 2.48. The van der Waals surface area contributed by atoms with E-state index in [0.717, 1.165) is 0 Å². The van der Waals surface area contributed by atoms with E-state index in [-0.39, 0.29) is 6.61 Å². The van der Waals surface area contributed by atoms with Crippen LogP contribution in [0.3, 0.4) is 0 Å². The molecule has 0 fully saturated rings. The Morgan fingerprint density at radius 2 is 1.47 bits per heavy atom. The molecule has 0 N–H and O–H groups in total. The number of halogens is 6. The Labute approximate surface area is 103 Å². The molecule has 0 saturated carbocycles. The number of hydrogen-bond acceptors (Lipinski definition) is 4. The largest absolute Gasteiger partial charge is 0.491 e. The summed E-state index contributed by atoms with van der Waals surface area (Å²) < 4.78 is 80.1. The van der Waals surface area contributed by atoms with Gasteiger partial charge in [0.05, 0.1) is 12.2 Å². The first kappa shape index (κ1) is 17.3. The van der Waals surface area contributed by atoms with E-state index in [1.807, 2.05) is 0 Å². The van der Waals surface area contributed by atoms with Gasteiger partial charge in [0.15, 0.2) is 0 Å². The van der Waals surface area contributed by atoms with Crippen LogP contribution in [0.1, 0.15) is 13.8 Å². The van der Waals surface area contributed by atoms with E-state index in [1.54, 1.807) is 0 Å². The summed E-state index contributed by atoms with van der Waals surface area (Å²) in [5.41, 5.74) is -1.29. The lowest BCUT2D eigenvalue weighted by molar-refractivity contribution is -0.206. The molecule has 0 aliphatic heterocycles. The van der Waals surface area contributed by atoms with Gasteiger partial charge < -0.3 is 9.47 Å². The van der Waals surface area contributed by atoms with Gasteiger partial charge in [-0.25, -0.2) is 9.59 Å². The molecular weight excluding hydrogens is 286 g/mol. The molecule has 0 aliphatic carbocycles. The van der Waals surface area contributed by atoms with Gasteiger partial charge in [-0.1, -0.05) is 0 Å². The van der Waals surface area contributed by atoms with E-state index in [9.17, 15) is 35.9 Å². The minimum Gasteiger partial charge on any atom is -0.463 e. The van der Waals surface area contributed by atoms with Crippen LogP contribution in [0, 0.1) is 0 Å². The van der Waals surface area contributed by atoms with Crippen molar-refractivity contribution in [3.63, 3.8) is 0 Å². The van der Waals surface area contributed by atoms with Gasteiger partial charge in [-0.05, 0) is 13.8 Å². The maximum Gasteiger partial charge on any atom is 0.491 e. The molecule has 0 atom stereocenters. The predicted molar refractivity (Wildman–Crippen MR) is 47.5 cm³/mol. The van der Waals surface area contributed by atoms with Gasteiger partial charge in [0.1, 0.15) is 0 Å². The van der Waals surface area contributed by atoms with Crippen molar-refractivity contribution in [2.24, 2.45) is 0 Å². The van der Waals surface area contributed by atoms with Crippen LogP contribution in [0.15, 0.2) is 11.3 Å². The Morgan fingerprint density at radius 3 is 1.79 bits per heavy atom. The van der Waals surface area contributed by atoms with Gasteiger partial charge in [-0.2, -0.15) is 26.3 Å². The topological polar surface area (TPSA) is 52.6 Å². The van der Waals surface area contributed by atoms with Gasteiger partial charge in [0, 0.05) is 0 Å². The fourth-order valence-electron chi connectivity index (χ4n) is 0.830. The lowest BCUT2D eigenvalue weighted by Crippen LogP contribution is -2.30. The fraction of sp³-hybridized carbons (Fsp3) is 0.556. The van der Waals surface area contributed by atoms with Crippen molar-refractivity contribution in [1.29, 1.82) is 0 Å². The average molecular weight is 294 g/mol. The molecule has 0 aliphatic rings. The fourth-order valence-corrected chi connectivity index (χ4v) is 0.830. The van der Waals surface area contributed by atoms with Crippen molar-refractivity contribution in [1.82, 2.24) is 0 Å². The summed E-state index contributed by atoms with van der Waals surface area (Å²) in [6.45, 7) is 1.51. The highest BCUT2D eigenvalue weighted by atomic mass is 19.4. The van der Waals surface area contributed by atoms with Crippen molar-refractivity contribution in [3.05, 3.63) is 11.3 Å². The third-order valence-corrected chi connectivity index (χ3v) is 1.61. The van der Waals surface area contributed by atoms with Crippen LogP contribution in [-0.2, 0) is 19.1 Å². The third kappa shape index (κ3) is 5.18. The van der Waals surface area contributed by atoms with Crippen molar-refractivity contribution in [2.45, 2.75) is 26.2 Å². The number of allylic oxidation sites excluding steroid dienone is 1. The Kier molecular flexibility index (Phi) is 5.39. The second kappa shape index (κ2) is 5.93. The number of rotatable bonds is 3. The van der Waals surface area contributed by atoms with Crippen LogP contribution in [0.4, 0.5) is 26.3 Å². The first-order chi connectivity index (χ1) is 8.41. The number of esters is 2. The van der Waals surface area contributed by atoms with E-state index in [0.29, 0.717) is 6.92 Å². The van der Waals surface area contributed by atoms with Crippen LogP contribution in [0.25, 0.3) is 0 Å². The van der Waals surface area contributed by atoms with Crippen LogP contribution >= 0.6 is 0 Å². The normalized spacial score (nSPS) is 13.7. The van der Waals surface area contributed by atoms with Crippen molar-refractivity contribution in [2.75, 3.05) is 6.61 Å². The molecule has 0 spiro atoms. The van der Waals surface area contributed by atoms with Crippen molar-refractivity contribution < 1.29 is 45.4 Å². The van der Waals surface area contributed by atoms with Gasteiger partial charge >= 0.3 is 24.3 Å². The number of ether oxygens (including phenoxy) is 2. The zero-order valence-electron chi connectivity index (χ0n) is 9.61. The molecule has 0 unspecified atom stereocenters. The lowest BCUT2D eigenvalue weighted by atomic mass is 10.2. The maximum absolute atomic E-state index is 12.4. The second-order valence-corrected chi connectivity index (χ2v) is 3.06. The quantitative estimate of drug-likeness (QED) is 0.347. The number of hydrogen-bond donors (Lipinski definition) is 0. The molecule has 0 aromatic rings. The maximum atomic E-state index is 12.4. The Hall–Kier alpha value is -1.74.